The average Bonchev–Trinajstić information content (AvgIpc) is 2.81. The van der Waals surface area contributed by atoms with Crippen LogP contribution >= 0.6 is 0 Å². The molecule has 0 aromatic carbocycles. The molecule has 3 rings (SSSR count). The van der Waals surface area contributed by atoms with E-state index in [1.54, 1.807) is 5.57 Å². The Bertz CT molecular complexity index is 355. The van der Waals surface area contributed by atoms with Crippen LogP contribution in [0.25, 0.3) is 0 Å². The highest BCUT2D eigenvalue weighted by Crippen LogP contribution is 2.28. The van der Waals surface area contributed by atoms with Gasteiger partial charge in [0, 0.05) is 12.6 Å². The molecule has 1 aliphatic carbocycles. The first-order chi connectivity index (χ1) is 10.4. The lowest BCUT2D eigenvalue weighted by molar-refractivity contribution is -0.0595. The molecule has 0 spiro atoms. The van der Waals surface area contributed by atoms with Gasteiger partial charge in [-0.05, 0) is 58.0 Å². The highest BCUT2D eigenvalue weighted by Gasteiger charge is 2.36. The summed E-state index contributed by atoms with van der Waals surface area (Å²) in [6, 6.07) is 1.15. The van der Waals surface area contributed by atoms with Gasteiger partial charge >= 0.3 is 0 Å². The number of nitrogens with one attached hydrogen (secondary N) is 1. The van der Waals surface area contributed by atoms with E-state index in [1.165, 1.54) is 57.9 Å². The van der Waals surface area contributed by atoms with Crippen molar-refractivity contribution in [1.82, 2.24) is 10.2 Å². The van der Waals surface area contributed by atoms with Crippen LogP contribution in [0.5, 0.6) is 0 Å². The third kappa shape index (κ3) is 3.88. The monoisotopic (exact) mass is 292 g/mol. The molecule has 120 valence electrons. The Balaban J connectivity index is 1.67. The van der Waals surface area contributed by atoms with Gasteiger partial charge in [-0.25, -0.2) is 0 Å². The van der Waals surface area contributed by atoms with E-state index in [1.807, 2.05) is 0 Å². The zero-order chi connectivity index (χ0) is 14.5. The number of allylic oxidation sites excluding steroid dienone is 1. The molecule has 2 saturated heterocycles. The summed E-state index contributed by atoms with van der Waals surface area (Å²) >= 11 is 0. The smallest absolute Gasteiger partial charge is 0.0893 e. The summed E-state index contributed by atoms with van der Waals surface area (Å²) in [6.45, 7) is 6.71. The van der Waals surface area contributed by atoms with Crippen LogP contribution < -0.4 is 5.32 Å². The van der Waals surface area contributed by atoms with Gasteiger partial charge in [-0.1, -0.05) is 25.0 Å². The van der Waals surface area contributed by atoms with Crippen LogP contribution in [0.15, 0.2) is 11.6 Å². The SMILES string of the molecule is CCCNC(C1=CCCCCC1)C1CN2CCCC2CO1. The second-order valence-corrected chi connectivity index (χ2v) is 6.97. The van der Waals surface area contributed by atoms with Crippen molar-refractivity contribution in [3.8, 4) is 0 Å². The first-order valence-electron chi connectivity index (χ1n) is 9.16. The van der Waals surface area contributed by atoms with Crippen molar-refractivity contribution >= 4 is 0 Å². The molecule has 2 fully saturated rings. The fraction of sp³-hybridized carbons (Fsp3) is 0.889. The number of morpholine rings is 1. The Labute approximate surface area is 130 Å². The summed E-state index contributed by atoms with van der Waals surface area (Å²) in [7, 11) is 0. The summed E-state index contributed by atoms with van der Waals surface area (Å²) in [5, 5.41) is 3.80. The van der Waals surface area contributed by atoms with Crippen molar-refractivity contribution < 1.29 is 4.74 Å². The van der Waals surface area contributed by atoms with Crippen LogP contribution in [0.1, 0.15) is 58.3 Å². The van der Waals surface area contributed by atoms with Gasteiger partial charge in [0.1, 0.15) is 0 Å². The normalized spacial score (nSPS) is 32.3. The van der Waals surface area contributed by atoms with Crippen molar-refractivity contribution in [2.75, 3.05) is 26.2 Å². The van der Waals surface area contributed by atoms with Gasteiger partial charge in [-0.3, -0.25) is 4.90 Å². The molecule has 0 aromatic rings. The lowest BCUT2D eigenvalue weighted by Gasteiger charge is -2.40. The van der Waals surface area contributed by atoms with Crippen molar-refractivity contribution in [2.24, 2.45) is 0 Å². The molecule has 21 heavy (non-hydrogen) atoms. The van der Waals surface area contributed by atoms with E-state index in [-0.39, 0.29) is 0 Å². The predicted molar refractivity (Wildman–Crippen MR) is 87.6 cm³/mol. The van der Waals surface area contributed by atoms with Crippen molar-refractivity contribution in [1.29, 1.82) is 0 Å². The zero-order valence-electron chi connectivity index (χ0n) is 13.7. The minimum absolute atomic E-state index is 0.357. The average molecular weight is 292 g/mol. The van der Waals surface area contributed by atoms with E-state index >= 15 is 0 Å². The Morgan fingerprint density at radius 3 is 3.19 bits per heavy atom. The van der Waals surface area contributed by atoms with Crippen LogP contribution in [0, 0.1) is 0 Å². The molecule has 3 aliphatic rings. The molecule has 3 heteroatoms. The zero-order valence-corrected chi connectivity index (χ0v) is 13.7. The van der Waals surface area contributed by atoms with Crippen molar-refractivity contribution in [3.63, 3.8) is 0 Å². The molecule has 3 nitrogen and oxygen atoms in total. The summed E-state index contributed by atoms with van der Waals surface area (Å²) in [4.78, 5) is 2.67. The molecule has 0 aromatic heterocycles. The molecule has 0 bridgehead atoms. The van der Waals surface area contributed by atoms with Crippen molar-refractivity contribution in [3.05, 3.63) is 11.6 Å². The molecule has 3 unspecified atom stereocenters. The van der Waals surface area contributed by atoms with Gasteiger partial charge in [0.05, 0.1) is 18.8 Å². The van der Waals surface area contributed by atoms with E-state index in [9.17, 15) is 0 Å². The van der Waals surface area contributed by atoms with Gasteiger partial charge in [0.25, 0.3) is 0 Å². The maximum Gasteiger partial charge on any atom is 0.0893 e. The molecule has 2 heterocycles. The first kappa shape index (κ1) is 15.5. The number of hydrogen-bond acceptors (Lipinski definition) is 3. The number of fused-ring (bicyclic) bond motifs is 1. The van der Waals surface area contributed by atoms with Gasteiger partial charge in [0.2, 0.25) is 0 Å². The summed E-state index contributed by atoms with van der Waals surface area (Å²) in [6.07, 6.45) is 13.4. The van der Waals surface area contributed by atoms with Crippen LogP contribution in [0.4, 0.5) is 0 Å². The summed E-state index contributed by atoms with van der Waals surface area (Å²) in [5.41, 5.74) is 1.63. The highest BCUT2D eigenvalue weighted by atomic mass is 16.5. The largest absolute Gasteiger partial charge is 0.373 e. The summed E-state index contributed by atoms with van der Waals surface area (Å²) < 4.78 is 6.30. The fourth-order valence-electron chi connectivity index (χ4n) is 4.17. The Morgan fingerprint density at radius 2 is 2.29 bits per heavy atom. The molecule has 3 atom stereocenters. The molecular formula is C18H32N2O. The molecule has 2 aliphatic heterocycles. The highest BCUT2D eigenvalue weighted by molar-refractivity contribution is 5.15. The maximum absolute atomic E-state index is 6.30. The number of rotatable bonds is 5. The Hall–Kier alpha value is -0.380. The lowest BCUT2D eigenvalue weighted by Crippen LogP contribution is -2.54. The number of hydrogen-bond donors (Lipinski definition) is 1. The quantitative estimate of drug-likeness (QED) is 0.788. The Morgan fingerprint density at radius 1 is 1.33 bits per heavy atom. The second kappa shape index (κ2) is 7.75. The maximum atomic E-state index is 6.30. The first-order valence-corrected chi connectivity index (χ1v) is 9.16. The molecule has 0 amide bonds. The number of nitrogens with zero attached hydrogens (tertiary/aromatic N) is 1. The topological polar surface area (TPSA) is 24.5 Å². The third-order valence-electron chi connectivity index (χ3n) is 5.38. The van der Waals surface area contributed by atoms with Crippen LogP contribution in [-0.2, 0) is 4.74 Å². The van der Waals surface area contributed by atoms with Gasteiger partial charge < -0.3 is 10.1 Å². The lowest BCUT2D eigenvalue weighted by atomic mass is 9.95. The van der Waals surface area contributed by atoms with E-state index < -0.39 is 0 Å². The van der Waals surface area contributed by atoms with E-state index in [2.05, 4.69) is 23.2 Å². The summed E-state index contributed by atoms with van der Waals surface area (Å²) in [5.74, 6) is 0. The van der Waals surface area contributed by atoms with E-state index in [0.717, 1.165) is 19.7 Å². The van der Waals surface area contributed by atoms with Gasteiger partial charge in [0.15, 0.2) is 0 Å². The number of ether oxygens (including phenoxy) is 1. The molecule has 1 N–H and O–H groups in total. The minimum Gasteiger partial charge on any atom is -0.373 e. The van der Waals surface area contributed by atoms with Gasteiger partial charge in [-0.15, -0.1) is 0 Å². The minimum atomic E-state index is 0.357. The van der Waals surface area contributed by atoms with Crippen LogP contribution in [0.2, 0.25) is 0 Å². The Kier molecular flexibility index (Phi) is 5.73. The second-order valence-electron chi connectivity index (χ2n) is 6.97. The predicted octanol–water partition coefficient (Wildman–Crippen LogP) is 3.11. The van der Waals surface area contributed by atoms with Crippen molar-refractivity contribution in [2.45, 2.75) is 76.5 Å². The standard InChI is InChI=1S/C18H32N2O/c1-2-11-19-18(15-8-5-3-4-6-9-15)17-13-20-12-7-10-16(20)14-21-17/h8,16-19H,2-7,9-14H2,1H3. The van der Waals surface area contributed by atoms with Crippen LogP contribution in [-0.4, -0.2) is 49.3 Å². The fourth-order valence-corrected chi connectivity index (χ4v) is 4.17. The molecule has 0 radical (unpaired) electrons. The van der Waals surface area contributed by atoms with Crippen LogP contribution in [0.3, 0.4) is 0 Å². The van der Waals surface area contributed by atoms with E-state index in [4.69, 9.17) is 4.74 Å². The molecule has 0 saturated carbocycles. The van der Waals surface area contributed by atoms with E-state index in [0.29, 0.717) is 18.2 Å². The van der Waals surface area contributed by atoms with Gasteiger partial charge in [-0.2, -0.15) is 0 Å². The third-order valence-corrected chi connectivity index (χ3v) is 5.38. The molecular weight excluding hydrogens is 260 g/mol.